The van der Waals surface area contributed by atoms with Crippen LogP contribution >= 0.6 is 15.9 Å². The van der Waals surface area contributed by atoms with Crippen LogP contribution in [0.2, 0.25) is 0 Å². The molecule has 1 saturated heterocycles. The minimum absolute atomic E-state index is 0.0649. The Kier molecular flexibility index (Phi) is 3.73. The summed E-state index contributed by atoms with van der Waals surface area (Å²) in [6.07, 6.45) is 7.00. The summed E-state index contributed by atoms with van der Waals surface area (Å²) >= 11 is 3.12. The average Bonchev–Trinajstić information content (AvgIpc) is 2.51. The van der Waals surface area contributed by atoms with Gasteiger partial charge >= 0.3 is 0 Å². The Morgan fingerprint density at radius 1 is 1.15 bits per heavy atom. The van der Waals surface area contributed by atoms with Gasteiger partial charge in [0.1, 0.15) is 17.7 Å². The van der Waals surface area contributed by atoms with Crippen LogP contribution in [0.3, 0.4) is 0 Å². The Morgan fingerprint density at radius 3 is 2.35 bits per heavy atom. The van der Waals surface area contributed by atoms with Crippen molar-refractivity contribution in [3.8, 4) is 0 Å². The number of Topliss-reactive ketones (excluding diaryl/α,β-unsaturated/α-hetero) is 3. The highest BCUT2D eigenvalue weighted by Gasteiger charge is 2.51. The van der Waals surface area contributed by atoms with Gasteiger partial charge in [-0.1, -0.05) is 40.2 Å². The molecule has 20 heavy (non-hydrogen) atoms. The Balaban J connectivity index is 1.85. The Labute approximate surface area is 125 Å². The van der Waals surface area contributed by atoms with E-state index in [1.165, 1.54) is 0 Å². The molecule has 0 N–H and O–H groups in total. The molecular weight excluding hydrogens is 324 g/mol. The van der Waals surface area contributed by atoms with Gasteiger partial charge < -0.3 is 4.74 Å². The standard InChI is InChI=1S/C15H15BrO4/c16-6-12(17)13-5-10-11(7-20-13)15(19)9-4-2-1-3-8(9)14(10)18/h1-4,8-11,13H,5-7H2. The molecule has 5 atom stereocenters. The van der Waals surface area contributed by atoms with Crippen LogP contribution in [-0.2, 0) is 19.1 Å². The summed E-state index contributed by atoms with van der Waals surface area (Å²) in [5, 5.41) is 0.214. The number of ether oxygens (including phenoxy) is 1. The molecule has 106 valence electrons. The molecule has 0 aromatic carbocycles. The lowest BCUT2D eigenvalue weighted by atomic mass is 9.63. The Morgan fingerprint density at radius 2 is 1.75 bits per heavy atom. The maximum atomic E-state index is 12.6. The number of allylic oxidation sites excluding steroid dienone is 4. The minimum atomic E-state index is -0.563. The number of halogens is 1. The fourth-order valence-electron chi connectivity index (χ4n) is 3.35. The molecule has 1 heterocycles. The van der Waals surface area contributed by atoms with E-state index >= 15 is 0 Å². The molecule has 2 fully saturated rings. The summed E-state index contributed by atoms with van der Waals surface area (Å²) < 4.78 is 5.50. The lowest BCUT2D eigenvalue weighted by molar-refractivity contribution is -0.158. The normalized spacial score (nSPS) is 39.4. The van der Waals surface area contributed by atoms with Gasteiger partial charge in [-0.3, -0.25) is 14.4 Å². The first-order valence-electron chi connectivity index (χ1n) is 6.76. The van der Waals surface area contributed by atoms with E-state index in [1.54, 1.807) is 12.2 Å². The number of carbonyl (C=O) groups is 3. The lowest BCUT2D eigenvalue weighted by Crippen LogP contribution is -2.53. The first kappa shape index (κ1) is 13.9. The number of fused-ring (bicyclic) bond motifs is 2. The Hall–Kier alpha value is -1.07. The number of hydrogen-bond acceptors (Lipinski definition) is 4. The van der Waals surface area contributed by atoms with Gasteiger partial charge in [0, 0.05) is 17.8 Å². The third-order valence-corrected chi connectivity index (χ3v) is 5.00. The van der Waals surface area contributed by atoms with Crippen molar-refractivity contribution in [3.05, 3.63) is 24.3 Å². The molecule has 3 rings (SSSR count). The summed E-state index contributed by atoms with van der Waals surface area (Å²) in [6.45, 7) is 0.180. The van der Waals surface area contributed by atoms with Gasteiger partial charge in [0.2, 0.25) is 0 Å². The van der Waals surface area contributed by atoms with Crippen molar-refractivity contribution in [1.29, 1.82) is 0 Å². The molecule has 0 amide bonds. The second-order valence-corrected chi connectivity index (χ2v) is 6.06. The SMILES string of the molecule is O=C(CBr)C1CC2C(=O)C3C=CC=CC3C(=O)C2CO1. The molecular formula is C15H15BrO4. The van der Waals surface area contributed by atoms with Crippen molar-refractivity contribution in [2.24, 2.45) is 23.7 Å². The monoisotopic (exact) mass is 338 g/mol. The molecule has 5 heteroatoms. The second kappa shape index (κ2) is 5.37. The Bertz CT molecular complexity index is 522. The van der Waals surface area contributed by atoms with E-state index in [2.05, 4.69) is 15.9 Å². The van der Waals surface area contributed by atoms with Crippen molar-refractivity contribution in [3.63, 3.8) is 0 Å². The highest BCUT2D eigenvalue weighted by molar-refractivity contribution is 9.09. The smallest absolute Gasteiger partial charge is 0.172 e. The van der Waals surface area contributed by atoms with Gasteiger partial charge in [-0.15, -0.1) is 0 Å². The zero-order valence-corrected chi connectivity index (χ0v) is 12.4. The molecule has 4 nitrogen and oxygen atoms in total. The zero-order chi connectivity index (χ0) is 14.3. The van der Waals surface area contributed by atoms with Crippen LogP contribution in [0.4, 0.5) is 0 Å². The van der Waals surface area contributed by atoms with Crippen LogP contribution in [-0.4, -0.2) is 35.4 Å². The van der Waals surface area contributed by atoms with Crippen LogP contribution in [0.15, 0.2) is 24.3 Å². The average molecular weight is 339 g/mol. The van der Waals surface area contributed by atoms with Crippen LogP contribution in [0.25, 0.3) is 0 Å². The molecule has 0 bridgehead atoms. The van der Waals surface area contributed by atoms with E-state index < -0.39 is 6.10 Å². The quantitative estimate of drug-likeness (QED) is 0.715. The third kappa shape index (κ3) is 2.13. The number of rotatable bonds is 2. The van der Waals surface area contributed by atoms with E-state index in [9.17, 15) is 14.4 Å². The van der Waals surface area contributed by atoms with E-state index in [1.807, 2.05) is 12.2 Å². The van der Waals surface area contributed by atoms with Crippen molar-refractivity contribution in [2.75, 3.05) is 11.9 Å². The molecule has 5 unspecified atom stereocenters. The van der Waals surface area contributed by atoms with Crippen LogP contribution < -0.4 is 0 Å². The van der Waals surface area contributed by atoms with Gasteiger partial charge in [-0.2, -0.15) is 0 Å². The lowest BCUT2D eigenvalue weighted by Gasteiger charge is -2.42. The summed E-state index contributed by atoms with van der Waals surface area (Å²) in [5.41, 5.74) is 0. The molecule has 0 aromatic heterocycles. The summed E-state index contributed by atoms with van der Waals surface area (Å²) in [7, 11) is 0. The zero-order valence-electron chi connectivity index (χ0n) is 10.8. The summed E-state index contributed by atoms with van der Waals surface area (Å²) in [6, 6.07) is 0. The number of ketones is 3. The molecule has 0 radical (unpaired) electrons. The fraction of sp³-hybridized carbons (Fsp3) is 0.533. The first-order chi connectivity index (χ1) is 9.63. The molecule has 2 aliphatic carbocycles. The van der Waals surface area contributed by atoms with Gasteiger partial charge in [0.15, 0.2) is 5.78 Å². The highest BCUT2D eigenvalue weighted by Crippen LogP contribution is 2.41. The van der Waals surface area contributed by atoms with Crippen molar-refractivity contribution < 1.29 is 19.1 Å². The number of hydrogen-bond donors (Lipinski definition) is 0. The predicted molar refractivity (Wildman–Crippen MR) is 75.4 cm³/mol. The molecule has 0 aromatic rings. The topological polar surface area (TPSA) is 60.4 Å². The van der Waals surface area contributed by atoms with E-state index in [4.69, 9.17) is 4.74 Å². The van der Waals surface area contributed by atoms with Gasteiger partial charge in [0.25, 0.3) is 0 Å². The molecule has 0 spiro atoms. The largest absolute Gasteiger partial charge is 0.370 e. The predicted octanol–water partition coefficient (Wildman–Crippen LogP) is 1.48. The minimum Gasteiger partial charge on any atom is -0.370 e. The highest BCUT2D eigenvalue weighted by atomic mass is 79.9. The second-order valence-electron chi connectivity index (χ2n) is 5.50. The molecule has 1 saturated carbocycles. The maximum absolute atomic E-state index is 12.6. The van der Waals surface area contributed by atoms with Crippen LogP contribution in [0, 0.1) is 23.7 Å². The third-order valence-electron chi connectivity index (χ3n) is 4.44. The van der Waals surface area contributed by atoms with Crippen LogP contribution in [0.5, 0.6) is 0 Å². The van der Waals surface area contributed by atoms with Gasteiger partial charge in [0.05, 0.1) is 17.9 Å². The molecule has 1 aliphatic heterocycles. The van der Waals surface area contributed by atoms with Gasteiger partial charge in [-0.05, 0) is 6.42 Å². The number of carbonyl (C=O) groups excluding carboxylic acids is 3. The fourth-order valence-corrected chi connectivity index (χ4v) is 3.71. The van der Waals surface area contributed by atoms with Crippen LogP contribution in [0.1, 0.15) is 6.42 Å². The van der Waals surface area contributed by atoms with E-state index in [-0.39, 0.29) is 53.0 Å². The number of alkyl halides is 1. The van der Waals surface area contributed by atoms with Crippen molar-refractivity contribution in [2.45, 2.75) is 12.5 Å². The van der Waals surface area contributed by atoms with Gasteiger partial charge in [-0.25, -0.2) is 0 Å². The van der Waals surface area contributed by atoms with E-state index in [0.29, 0.717) is 6.42 Å². The molecule has 3 aliphatic rings. The summed E-state index contributed by atoms with van der Waals surface area (Å²) in [4.78, 5) is 36.8. The maximum Gasteiger partial charge on any atom is 0.172 e. The first-order valence-corrected chi connectivity index (χ1v) is 7.88. The summed E-state index contributed by atoms with van der Waals surface area (Å²) in [5.74, 6) is -1.38. The van der Waals surface area contributed by atoms with E-state index in [0.717, 1.165) is 0 Å². The van der Waals surface area contributed by atoms with Crippen molar-refractivity contribution >= 4 is 33.3 Å². The van der Waals surface area contributed by atoms with Crippen molar-refractivity contribution in [1.82, 2.24) is 0 Å².